The van der Waals surface area contributed by atoms with Gasteiger partial charge in [0.2, 0.25) is 0 Å². The molecule has 0 amide bonds. The Morgan fingerprint density at radius 3 is 2.17 bits per heavy atom. The molecule has 0 aliphatic carbocycles. The van der Waals surface area contributed by atoms with Gasteiger partial charge in [0.15, 0.2) is 12.6 Å². The van der Waals surface area contributed by atoms with Crippen LogP contribution in [0.15, 0.2) is 30.3 Å². The topological polar surface area (TPSA) is 158 Å². The first-order chi connectivity index (χ1) is 13.8. The number of hydrogen-bond donors (Lipinski definition) is 6. The zero-order chi connectivity index (χ0) is 21.1. The van der Waals surface area contributed by atoms with Gasteiger partial charge >= 0.3 is 0 Å². The van der Waals surface area contributed by atoms with Crippen LogP contribution in [0.25, 0.3) is 0 Å². The lowest BCUT2D eigenvalue weighted by Crippen LogP contribution is -2.64. The third-order valence-corrected chi connectivity index (χ3v) is 5.18. The molecule has 2 aliphatic heterocycles. The lowest BCUT2D eigenvalue weighted by Gasteiger charge is -2.45. The van der Waals surface area contributed by atoms with Gasteiger partial charge in [-0.3, -0.25) is 0 Å². The lowest BCUT2D eigenvalue weighted by atomic mass is 9.97. The molecular formula is C19H28O10. The van der Waals surface area contributed by atoms with Crippen LogP contribution in [0, 0.1) is 0 Å². The summed E-state index contributed by atoms with van der Waals surface area (Å²) in [6, 6.07) is 9.23. The molecule has 2 aliphatic rings. The average molecular weight is 416 g/mol. The summed E-state index contributed by atoms with van der Waals surface area (Å²) >= 11 is 0. The summed E-state index contributed by atoms with van der Waals surface area (Å²) in [4.78, 5) is 0. The minimum Gasteiger partial charge on any atom is -0.394 e. The van der Waals surface area contributed by atoms with Crippen molar-refractivity contribution in [3.05, 3.63) is 35.9 Å². The Labute approximate surface area is 167 Å². The number of benzene rings is 1. The van der Waals surface area contributed by atoms with Gasteiger partial charge in [-0.1, -0.05) is 30.3 Å². The number of aliphatic hydroxyl groups excluding tert-OH is 6. The monoisotopic (exact) mass is 416 g/mol. The highest BCUT2D eigenvalue weighted by molar-refractivity contribution is 5.13. The molecule has 6 N–H and O–H groups in total. The smallest absolute Gasteiger partial charge is 0.187 e. The van der Waals surface area contributed by atoms with Crippen molar-refractivity contribution in [1.29, 1.82) is 0 Å². The molecular weight excluding hydrogens is 388 g/mol. The molecule has 1 aromatic carbocycles. The van der Waals surface area contributed by atoms with Gasteiger partial charge in [-0.25, -0.2) is 0 Å². The molecule has 0 saturated carbocycles. The van der Waals surface area contributed by atoms with Gasteiger partial charge in [0, 0.05) is 0 Å². The third-order valence-electron chi connectivity index (χ3n) is 5.18. The van der Waals surface area contributed by atoms with Crippen LogP contribution in [0.3, 0.4) is 0 Å². The van der Waals surface area contributed by atoms with Gasteiger partial charge in [-0.05, 0) is 12.5 Å². The summed E-state index contributed by atoms with van der Waals surface area (Å²) in [6.45, 7) is 1.10. The first-order valence-electron chi connectivity index (χ1n) is 9.46. The molecule has 10 atom stereocenters. The zero-order valence-electron chi connectivity index (χ0n) is 15.9. The summed E-state index contributed by atoms with van der Waals surface area (Å²) in [5, 5.41) is 60.2. The van der Waals surface area contributed by atoms with E-state index in [4.69, 9.17) is 18.9 Å². The van der Waals surface area contributed by atoms with E-state index in [1.165, 1.54) is 0 Å². The predicted molar refractivity (Wildman–Crippen MR) is 96.2 cm³/mol. The van der Waals surface area contributed by atoms with Crippen LogP contribution >= 0.6 is 0 Å². The Bertz CT molecular complexity index is 629. The predicted octanol–water partition coefficient (Wildman–Crippen LogP) is -2.15. The van der Waals surface area contributed by atoms with E-state index in [-0.39, 0.29) is 6.61 Å². The van der Waals surface area contributed by atoms with Crippen molar-refractivity contribution in [3.63, 3.8) is 0 Å². The van der Waals surface area contributed by atoms with Crippen LogP contribution in [0.1, 0.15) is 12.5 Å². The van der Waals surface area contributed by atoms with Gasteiger partial charge in [-0.15, -0.1) is 0 Å². The largest absolute Gasteiger partial charge is 0.394 e. The van der Waals surface area contributed by atoms with Crippen molar-refractivity contribution in [3.8, 4) is 0 Å². The van der Waals surface area contributed by atoms with E-state index in [9.17, 15) is 30.6 Å². The molecule has 164 valence electrons. The minimum absolute atomic E-state index is 0.151. The van der Waals surface area contributed by atoms with Crippen LogP contribution in [-0.2, 0) is 25.6 Å². The maximum atomic E-state index is 10.6. The fourth-order valence-corrected chi connectivity index (χ4v) is 3.38. The molecule has 10 nitrogen and oxygen atoms in total. The average Bonchev–Trinajstić information content (AvgIpc) is 2.73. The Morgan fingerprint density at radius 1 is 0.828 bits per heavy atom. The lowest BCUT2D eigenvalue weighted by molar-refractivity contribution is -0.358. The zero-order valence-corrected chi connectivity index (χ0v) is 15.9. The Morgan fingerprint density at radius 2 is 1.52 bits per heavy atom. The normalized spacial score (nSPS) is 43.3. The fourth-order valence-electron chi connectivity index (χ4n) is 3.38. The summed E-state index contributed by atoms with van der Waals surface area (Å²) in [5.41, 5.74) is 0.855. The highest BCUT2D eigenvalue weighted by Crippen LogP contribution is 2.29. The molecule has 2 saturated heterocycles. The molecule has 1 aromatic rings. The number of aliphatic hydroxyl groups is 6. The second-order valence-electron chi connectivity index (χ2n) is 7.29. The Hall–Kier alpha value is -1.18. The maximum absolute atomic E-state index is 10.6. The van der Waals surface area contributed by atoms with Crippen LogP contribution in [-0.4, -0.2) is 98.7 Å². The summed E-state index contributed by atoms with van der Waals surface area (Å²) in [7, 11) is 0. The second kappa shape index (κ2) is 9.75. The van der Waals surface area contributed by atoms with Gasteiger partial charge in [0.05, 0.1) is 19.3 Å². The number of rotatable bonds is 6. The van der Waals surface area contributed by atoms with Crippen LogP contribution in [0.4, 0.5) is 0 Å². The van der Waals surface area contributed by atoms with Crippen LogP contribution in [0.5, 0.6) is 0 Å². The quantitative estimate of drug-likeness (QED) is 0.302. The second-order valence-corrected chi connectivity index (χ2v) is 7.29. The first-order valence-corrected chi connectivity index (χ1v) is 9.46. The van der Waals surface area contributed by atoms with E-state index >= 15 is 0 Å². The van der Waals surface area contributed by atoms with Gasteiger partial charge in [0.1, 0.15) is 42.7 Å². The molecule has 0 radical (unpaired) electrons. The highest BCUT2D eigenvalue weighted by Gasteiger charge is 2.50. The van der Waals surface area contributed by atoms with Gasteiger partial charge < -0.3 is 49.6 Å². The van der Waals surface area contributed by atoms with Crippen molar-refractivity contribution in [2.24, 2.45) is 0 Å². The molecule has 10 heteroatoms. The van der Waals surface area contributed by atoms with Crippen molar-refractivity contribution in [2.45, 2.75) is 74.9 Å². The molecule has 2 fully saturated rings. The van der Waals surface area contributed by atoms with E-state index in [0.29, 0.717) is 0 Å². The molecule has 0 spiro atoms. The van der Waals surface area contributed by atoms with Crippen molar-refractivity contribution < 1.29 is 49.6 Å². The third kappa shape index (κ3) is 4.94. The van der Waals surface area contributed by atoms with Gasteiger partial charge in [-0.2, -0.15) is 0 Å². The summed E-state index contributed by atoms with van der Waals surface area (Å²) in [5.74, 6) is 0. The van der Waals surface area contributed by atoms with Crippen LogP contribution < -0.4 is 0 Å². The van der Waals surface area contributed by atoms with E-state index in [1.54, 1.807) is 6.92 Å². The number of ether oxygens (including phenoxy) is 4. The molecule has 0 unspecified atom stereocenters. The van der Waals surface area contributed by atoms with Crippen molar-refractivity contribution in [1.82, 2.24) is 0 Å². The Kier molecular flexibility index (Phi) is 7.57. The van der Waals surface area contributed by atoms with Crippen molar-refractivity contribution in [2.75, 3.05) is 6.61 Å². The highest BCUT2D eigenvalue weighted by atomic mass is 16.7. The molecule has 0 bridgehead atoms. The molecule has 29 heavy (non-hydrogen) atoms. The standard InChI is InChI=1S/C19H28O10/c1-9-12(21)17(29-19-15(24)14(23)13(22)11(7-20)28-19)16(25)18(27-9)26-8-10-5-3-2-4-6-10/h2-6,9,11-25H,7-8H2,1H3/t9-,11+,12+,13-,14-,15+,16-,17+,18+,19-/m0/s1. The Balaban J connectivity index is 1.68. The fraction of sp³-hybridized carbons (Fsp3) is 0.684. The van der Waals surface area contributed by atoms with E-state index in [0.717, 1.165) is 5.56 Å². The number of hydrogen-bond acceptors (Lipinski definition) is 10. The van der Waals surface area contributed by atoms with Crippen molar-refractivity contribution >= 4 is 0 Å². The van der Waals surface area contributed by atoms with Crippen LogP contribution in [0.2, 0.25) is 0 Å². The SMILES string of the molecule is C[C@@H]1O[C@@H](OCc2ccccc2)[C@@H](O)[C@H](O[C@@H]2O[C@H](CO)[C@H](O)[C@H](O)[C@H]2O)[C@@H]1O. The van der Waals surface area contributed by atoms with E-state index in [1.807, 2.05) is 30.3 Å². The minimum atomic E-state index is -1.66. The van der Waals surface area contributed by atoms with E-state index < -0.39 is 68.0 Å². The summed E-state index contributed by atoms with van der Waals surface area (Å²) < 4.78 is 22.0. The summed E-state index contributed by atoms with van der Waals surface area (Å²) in [6.07, 6.45) is -13.4. The molecule has 3 rings (SSSR count). The van der Waals surface area contributed by atoms with E-state index in [2.05, 4.69) is 0 Å². The van der Waals surface area contributed by atoms with Gasteiger partial charge in [0.25, 0.3) is 0 Å². The molecule has 0 aromatic heterocycles. The maximum Gasteiger partial charge on any atom is 0.187 e. The first kappa shape index (κ1) is 22.5. The molecule has 2 heterocycles.